The summed E-state index contributed by atoms with van der Waals surface area (Å²) < 4.78 is 2.17. The van der Waals surface area contributed by atoms with Gasteiger partial charge in [0.1, 0.15) is 0 Å². The SMILES string of the molecule is Cc1ccccc1[C@@H](C)N(CC(C)C)C(=O)[C@H]1CCn2cncc2C1. The highest BCUT2D eigenvalue weighted by molar-refractivity contribution is 5.79. The van der Waals surface area contributed by atoms with Crippen LogP contribution in [0.2, 0.25) is 0 Å². The quantitative estimate of drug-likeness (QED) is 0.826. The van der Waals surface area contributed by atoms with Crippen molar-refractivity contribution in [2.24, 2.45) is 11.8 Å². The van der Waals surface area contributed by atoms with Crippen molar-refractivity contribution in [1.82, 2.24) is 14.5 Å². The molecule has 1 aromatic heterocycles. The molecule has 1 amide bonds. The number of carbonyl (C=O) groups is 1. The van der Waals surface area contributed by atoms with Crippen molar-refractivity contribution in [3.05, 3.63) is 53.6 Å². The Morgan fingerprint density at radius 2 is 2.08 bits per heavy atom. The predicted octanol–water partition coefficient (Wildman–Crippen LogP) is 4.00. The van der Waals surface area contributed by atoms with Gasteiger partial charge < -0.3 is 9.47 Å². The maximum absolute atomic E-state index is 13.4. The van der Waals surface area contributed by atoms with E-state index in [0.29, 0.717) is 5.92 Å². The molecule has 1 aliphatic heterocycles. The molecule has 0 saturated heterocycles. The molecule has 0 bridgehead atoms. The molecule has 2 aromatic rings. The molecule has 1 aliphatic rings. The number of rotatable bonds is 5. The van der Waals surface area contributed by atoms with Crippen LogP contribution in [0.25, 0.3) is 0 Å². The number of aryl methyl sites for hydroxylation is 2. The topological polar surface area (TPSA) is 38.1 Å². The monoisotopic (exact) mass is 339 g/mol. The highest BCUT2D eigenvalue weighted by Gasteiger charge is 2.32. The molecule has 134 valence electrons. The molecule has 0 spiro atoms. The molecule has 0 fully saturated rings. The lowest BCUT2D eigenvalue weighted by molar-refractivity contribution is -0.139. The molecule has 0 radical (unpaired) electrons. The van der Waals surface area contributed by atoms with Crippen LogP contribution < -0.4 is 0 Å². The number of amides is 1. The highest BCUT2D eigenvalue weighted by atomic mass is 16.2. The van der Waals surface area contributed by atoms with Crippen molar-refractivity contribution < 1.29 is 4.79 Å². The lowest BCUT2D eigenvalue weighted by Gasteiger charge is -2.36. The van der Waals surface area contributed by atoms with Gasteiger partial charge in [0.2, 0.25) is 5.91 Å². The van der Waals surface area contributed by atoms with Crippen molar-refractivity contribution in [2.45, 2.75) is 53.1 Å². The van der Waals surface area contributed by atoms with Crippen molar-refractivity contribution in [3.8, 4) is 0 Å². The van der Waals surface area contributed by atoms with Gasteiger partial charge in [0.05, 0.1) is 12.4 Å². The van der Waals surface area contributed by atoms with Gasteiger partial charge in [-0.2, -0.15) is 0 Å². The highest BCUT2D eigenvalue weighted by Crippen LogP contribution is 2.29. The van der Waals surface area contributed by atoms with E-state index in [2.05, 4.69) is 66.4 Å². The van der Waals surface area contributed by atoms with Crippen molar-refractivity contribution in [3.63, 3.8) is 0 Å². The Hall–Kier alpha value is -2.10. The van der Waals surface area contributed by atoms with Crippen LogP contribution in [0.15, 0.2) is 36.8 Å². The van der Waals surface area contributed by atoms with Gasteiger partial charge in [-0.3, -0.25) is 4.79 Å². The maximum Gasteiger partial charge on any atom is 0.226 e. The van der Waals surface area contributed by atoms with Crippen molar-refractivity contribution >= 4 is 5.91 Å². The Balaban J connectivity index is 1.83. The maximum atomic E-state index is 13.4. The molecule has 2 atom stereocenters. The molecule has 0 aliphatic carbocycles. The van der Waals surface area contributed by atoms with Crippen LogP contribution in [0.1, 0.15) is 50.1 Å². The Labute approximate surface area is 150 Å². The van der Waals surface area contributed by atoms with Gasteiger partial charge in [-0.25, -0.2) is 4.98 Å². The molecule has 4 heteroatoms. The van der Waals surface area contributed by atoms with Crippen LogP contribution in [0.3, 0.4) is 0 Å². The van der Waals surface area contributed by atoms with Gasteiger partial charge in [-0.1, -0.05) is 38.1 Å². The van der Waals surface area contributed by atoms with E-state index in [4.69, 9.17) is 0 Å². The summed E-state index contributed by atoms with van der Waals surface area (Å²) in [5.74, 6) is 0.802. The number of benzene rings is 1. The first kappa shape index (κ1) is 17.7. The Morgan fingerprint density at radius 3 is 2.80 bits per heavy atom. The fourth-order valence-corrected chi connectivity index (χ4v) is 3.87. The van der Waals surface area contributed by atoms with Crippen molar-refractivity contribution in [1.29, 1.82) is 0 Å². The zero-order valence-corrected chi connectivity index (χ0v) is 15.8. The summed E-state index contributed by atoms with van der Waals surface area (Å²) >= 11 is 0. The van der Waals surface area contributed by atoms with Crippen LogP contribution in [0, 0.1) is 18.8 Å². The number of hydrogen-bond acceptors (Lipinski definition) is 2. The summed E-state index contributed by atoms with van der Waals surface area (Å²) in [6, 6.07) is 8.50. The third-order valence-electron chi connectivity index (χ3n) is 5.27. The summed E-state index contributed by atoms with van der Waals surface area (Å²) in [6.07, 6.45) is 5.47. The molecular weight excluding hydrogens is 310 g/mol. The third kappa shape index (κ3) is 3.78. The van der Waals surface area contributed by atoms with Crippen LogP contribution in [0.4, 0.5) is 0 Å². The van der Waals surface area contributed by atoms with Gasteiger partial charge in [-0.15, -0.1) is 0 Å². The van der Waals surface area contributed by atoms with E-state index in [1.807, 2.05) is 12.5 Å². The minimum Gasteiger partial charge on any atom is -0.335 e. The summed E-state index contributed by atoms with van der Waals surface area (Å²) in [7, 11) is 0. The largest absolute Gasteiger partial charge is 0.335 e. The van der Waals surface area contributed by atoms with E-state index in [0.717, 1.165) is 25.9 Å². The summed E-state index contributed by atoms with van der Waals surface area (Å²) in [5.41, 5.74) is 3.67. The smallest absolute Gasteiger partial charge is 0.226 e. The molecule has 25 heavy (non-hydrogen) atoms. The average molecular weight is 339 g/mol. The molecule has 1 aromatic carbocycles. The summed E-state index contributed by atoms with van der Waals surface area (Å²) in [6.45, 7) is 10.3. The van der Waals surface area contributed by atoms with E-state index >= 15 is 0 Å². The first-order chi connectivity index (χ1) is 12.0. The third-order valence-corrected chi connectivity index (χ3v) is 5.27. The molecule has 4 nitrogen and oxygen atoms in total. The number of aromatic nitrogens is 2. The number of imidazole rings is 1. The van der Waals surface area contributed by atoms with Gasteiger partial charge in [0.15, 0.2) is 0 Å². The molecule has 2 heterocycles. The Bertz CT molecular complexity index is 734. The Kier molecular flexibility index (Phi) is 5.26. The minimum absolute atomic E-state index is 0.0643. The number of hydrogen-bond donors (Lipinski definition) is 0. The first-order valence-corrected chi connectivity index (χ1v) is 9.32. The van der Waals surface area contributed by atoms with Gasteiger partial charge in [0, 0.05) is 37.3 Å². The molecule has 0 saturated carbocycles. The fraction of sp³-hybridized carbons (Fsp3) is 0.524. The van der Waals surface area contributed by atoms with E-state index < -0.39 is 0 Å². The Morgan fingerprint density at radius 1 is 1.32 bits per heavy atom. The van der Waals surface area contributed by atoms with Crippen molar-refractivity contribution in [2.75, 3.05) is 6.54 Å². The van der Waals surface area contributed by atoms with Gasteiger partial charge in [-0.05, 0) is 37.3 Å². The van der Waals surface area contributed by atoms with Gasteiger partial charge >= 0.3 is 0 Å². The van der Waals surface area contributed by atoms with E-state index in [1.54, 1.807) is 0 Å². The van der Waals surface area contributed by atoms with Crippen LogP contribution in [-0.2, 0) is 17.8 Å². The summed E-state index contributed by atoms with van der Waals surface area (Å²) in [5, 5.41) is 0. The normalized spacial score (nSPS) is 18.0. The van der Waals surface area contributed by atoms with Crippen LogP contribution in [-0.4, -0.2) is 26.9 Å². The minimum atomic E-state index is 0.0643. The lowest BCUT2D eigenvalue weighted by Crippen LogP contribution is -2.42. The molecular formula is C21H29N3O. The second kappa shape index (κ2) is 7.42. The predicted molar refractivity (Wildman–Crippen MR) is 100 cm³/mol. The molecule has 0 N–H and O–H groups in total. The molecule has 3 rings (SSSR count). The second-order valence-corrected chi connectivity index (χ2v) is 7.69. The van der Waals surface area contributed by atoms with Gasteiger partial charge in [0.25, 0.3) is 0 Å². The average Bonchev–Trinajstić information content (AvgIpc) is 3.06. The lowest BCUT2D eigenvalue weighted by atomic mass is 9.92. The standard InChI is InChI=1S/C21H29N3O/c1-15(2)13-24(17(4)20-8-6-5-7-16(20)3)21(25)18-9-10-23-14-22-12-19(23)11-18/h5-8,12,14-15,17-18H,9-11,13H2,1-4H3/t17-,18+/m1/s1. The number of fused-ring (bicyclic) bond motifs is 1. The number of nitrogens with zero attached hydrogens (tertiary/aromatic N) is 3. The first-order valence-electron chi connectivity index (χ1n) is 9.32. The second-order valence-electron chi connectivity index (χ2n) is 7.69. The zero-order chi connectivity index (χ0) is 18.0. The van der Waals surface area contributed by atoms with E-state index in [1.165, 1.54) is 16.8 Å². The van der Waals surface area contributed by atoms with E-state index in [9.17, 15) is 4.79 Å². The fourth-order valence-electron chi connectivity index (χ4n) is 3.87. The van der Waals surface area contributed by atoms with E-state index in [-0.39, 0.29) is 17.9 Å². The van der Waals surface area contributed by atoms with Crippen LogP contribution >= 0.6 is 0 Å². The van der Waals surface area contributed by atoms with Crippen LogP contribution in [0.5, 0.6) is 0 Å². The molecule has 0 unspecified atom stereocenters. The summed E-state index contributed by atoms with van der Waals surface area (Å²) in [4.78, 5) is 19.7. The zero-order valence-electron chi connectivity index (χ0n) is 15.8. The number of carbonyl (C=O) groups excluding carboxylic acids is 1.